The van der Waals surface area contributed by atoms with E-state index >= 15 is 0 Å². The van der Waals surface area contributed by atoms with Gasteiger partial charge in [0, 0.05) is 21.4 Å². The second-order valence-electron chi connectivity index (χ2n) is 7.09. The van der Waals surface area contributed by atoms with Crippen molar-refractivity contribution in [2.75, 3.05) is 10.0 Å². The lowest BCUT2D eigenvalue weighted by Gasteiger charge is -2.14. The first-order valence-corrected chi connectivity index (χ1v) is 13.0. The van der Waals surface area contributed by atoms with Crippen LogP contribution in [0.15, 0.2) is 75.1 Å². The molecular formula is C22H22N2O3S3. The Morgan fingerprint density at radius 2 is 1.70 bits per heavy atom. The topological polar surface area (TPSA) is 75.3 Å². The monoisotopic (exact) mass is 458 g/mol. The maximum absolute atomic E-state index is 12.7. The summed E-state index contributed by atoms with van der Waals surface area (Å²) < 4.78 is 27.4. The van der Waals surface area contributed by atoms with Crippen LogP contribution in [-0.2, 0) is 10.0 Å². The van der Waals surface area contributed by atoms with Crippen LogP contribution < -0.4 is 10.0 Å². The number of carbonyl (C=O) groups is 1. The Balaban J connectivity index is 1.43. The minimum absolute atomic E-state index is 0.220. The summed E-state index contributed by atoms with van der Waals surface area (Å²) >= 11 is 2.99. The molecule has 1 aliphatic carbocycles. The first-order valence-electron chi connectivity index (χ1n) is 9.75. The Labute approximate surface area is 185 Å². The highest BCUT2D eigenvalue weighted by atomic mass is 32.2. The van der Waals surface area contributed by atoms with Gasteiger partial charge in [0.05, 0.1) is 5.69 Å². The average molecular weight is 459 g/mol. The molecule has 2 aromatic carbocycles. The number of amides is 1. The largest absolute Gasteiger partial charge is 0.321 e. The van der Waals surface area contributed by atoms with Crippen molar-refractivity contribution in [2.45, 2.75) is 40.0 Å². The number of sulfonamides is 1. The van der Waals surface area contributed by atoms with E-state index in [4.69, 9.17) is 0 Å². The normalized spacial score (nSPS) is 14.5. The highest BCUT2D eigenvalue weighted by Crippen LogP contribution is 2.38. The van der Waals surface area contributed by atoms with Crippen LogP contribution in [0.3, 0.4) is 0 Å². The summed E-state index contributed by atoms with van der Waals surface area (Å²) in [4.78, 5) is 13.8. The molecule has 30 heavy (non-hydrogen) atoms. The number of benzene rings is 2. The van der Waals surface area contributed by atoms with Gasteiger partial charge in [-0.05, 0) is 60.7 Å². The number of anilines is 2. The van der Waals surface area contributed by atoms with Gasteiger partial charge in [-0.15, -0.1) is 23.1 Å². The smallest absolute Gasteiger partial charge is 0.271 e. The van der Waals surface area contributed by atoms with E-state index in [1.807, 2.05) is 36.0 Å². The molecule has 3 aromatic rings. The molecule has 0 unspecified atom stereocenters. The molecule has 1 aromatic heterocycles. The molecule has 0 radical (unpaired) electrons. The second-order valence-corrected chi connectivity index (χ2v) is 11.3. The minimum atomic E-state index is -3.60. The highest BCUT2D eigenvalue weighted by Gasteiger charge is 2.19. The van der Waals surface area contributed by atoms with Gasteiger partial charge in [0.25, 0.3) is 15.9 Å². The fourth-order valence-electron chi connectivity index (χ4n) is 3.36. The van der Waals surface area contributed by atoms with Crippen LogP contribution >= 0.6 is 23.1 Å². The predicted octanol–water partition coefficient (Wildman–Crippen LogP) is 5.84. The van der Waals surface area contributed by atoms with E-state index in [0.29, 0.717) is 16.5 Å². The van der Waals surface area contributed by atoms with Crippen molar-refractivity contribution >= 4 is 50.4 Å². The van der Waals surface area contributed by atoms with Crippen LogP contribution in [-0.4, -0.2) is 19.6 Å². The predicted molar refractivity (Wildman–Crippen MR) is 124 cm³/mol. The van der Waals surface area contributed by atoms with Crippen LogP contribution in [0.2, 0.25) is 0 Å². The molecule has 0 spiro atoms. The summed E-state index contributed by atoms with van der Waals surface area (Å²) in [7, 11) is -3.60. The van der Waals surface area contributed by atoms with Gasteiger partial charge in [0.1, 0.15) is 4.21 Å². The van der Waals surface area contributed by atoms with E-state index < -0.39 is 10.0 Å². The maximum Gasteiger partial charge on any atom is 0.271 e. The molecule has 1 amide bonds. The highest BCUT2D eigenvalue weighted by molar-refractivity contribution is 8.00. The fraction of sp³-hybridized carbons (Fsp3) is 0.227. The third kappa shape index (κ3) is 5.06. The van der Waals surface area contributed by atoms with Crippen molar-refractivity contribution in [3.05, 3.63) is 71.6 Å². The molecule has 0 aliphatic heterocycles. The Hall–Kier alpha value is -2.29. The van der Waals surface area contributed by atoms with Crippen molar-refractivity contribution < 1.29 is 13.2 Å². The van der Waals surface area contributed by atoms with Gasteiger partial charge in [-0.2, -0.15) is 0 Å². The van der Waals surface area contributed by atoms with Crippen molar-refractivity contribution in [1.82, 2.24) is 0 Å². The quantitative estimate of drug-likeness (QED) is 0.467. The summed E-state index contributed by atoms with van der Waals surface area (Å²) in [6.07, 6.45) is 4.98. The SMILES string of the molecule is O=C(Nc1ccccc1SC1CCCC1)c1ccc(NS(=O)(=O)c2cccs2)cc1. The molecule has 0 atom stereocenters. The van der Waals surface area contributed by atoms with E-state index in [-0.39, 0.29) is 10.1 Å². The third-order valence-corrected chi connectivity index (χ3v) is 9.08. The molecule has 1 heterocycles. The number of hydrogen-bond donors (Lipinski definition) is 2. The third-order valence-electron chi connectivity index (χ3n) is 4.89. The Kier molecular flexibility index (Phi) is 6.46. The summed E-state index contributed by atoms with van der Waals surface area (Å²) in [5.41, 5.74) is 1.69. The molecule has 2 N–H and O–H groups in total. The average Bonchev–Trinajstić information content (AvgIpc) is 3.44. The number of para-hydroxylation sites is 1. The Morgan fingerprint density at radius 1 is 0.967 bits per heavy atom. The van der Waals surface area contributed by atoms with Crippen LogP contribution in [0.1, 0.15) is 36.0 Å². The van der Waals surface area contributed by atoms with Crippen LogP contribution in [0.4, 0.5) is 11.4 Å². The van der Waals surface area contributed by atoms with Gasteiger partial charge in [-0.1, -0.05) is 31.0 Å². The van der Waals surface area contributed by atoms with E-state index in [1.54, 1.807) is 41.8 Å². The molecule has 4 rings (SSSR count). The Bertz CT molecular complexity index is 1100. The molecule has 1 saturated carbocycles. The molecule has 8 heteroatoms. The summed E-state index contributed by atoms with van der Waals surface area (Å²) in [6, 6.07) is 17.5. The Morgan fingerprint density at radius 3 is 2.40 bits per heavy atom. The molecule has 0 bridgehead atoms. The van der Waals surface area contributed by atoms with Gasteiger partial charge in [0.15, 0.2) is 0 Å². The lowest BCUT2D eigenvalue weighted by atomic mass is 10.2. The molecule has 5 nitrogen and oxygen atoms in total. The van der Waals surface area contributed by atoms with Gasteiger partial charge in [-0.3, -0.25) is 9.52 Å². The number of thiophene rings is 1. The second kappa shape index (κ2) is 9.24. The van der Waals surface area contributed by atoms with E-state index in [9.17, 15) is 13.2 Å². The van der Waals surface area contributed by atoms with E-state index in [2.05, 4.69) is 10.0 Å². The molecule has 1 fully saturated rings. The number of rotatable bonds is 7. The molecule has 0 saturated heterocycles. The lowest BCUT2D eigenvalue weighted by Crippen LogP contribution is -2.14. The maximum atomic E-state index is 12.7. The van der Waals surface area contributed by atoms with Gasteiger partial charge in [0.2, 0.25) is 0 Å². The first-order chi connectivity index (χ1) is 14.5. The zero-order valence-corrected chi connectivity index (χ0v) is 18.7. The molecular weight excluding hydrogens is 436 g/mol. The summed E-state index contributed by atoms with van der Waals surface area (Å²) in [5.74, 6) is -0.220. The number of nitrogens with one attached hydrogen (secondary N) is 2. The van der Waals surface area contributed by atoms with Crippen molar-refractivity contribution in [1.29, 1.82) is 0 Å². The van der Waals surface area contributed by atoms with Crippen LogP contribution in [0, 0.1) is 0 Å². The van der Waals surface area contributed by atoms with Crippen LogP contribution in [0.25, 0.3) is 0 Å². The summed E-state index contributed by atoms with van der Waals surface area (Å²) in [5, 5.41) is 5.32. The fourth-order valence-corrected chi connectivity index (χ4v) is 6.75. The summed E-state index contributed by atoms with van der Waals surface area (Å²) in [6.45, 7) is 0. The number of thioether (sulfide) groups is 1. The standard InChI is InChI=1S/C22H22N2O3S3/c25-22(23-19-8-3-4-9-20(19)29-18-6-1-2-7-18)16-11-13-17(14-12-16)24-30(26,27)21-10-5-15-28-21/h3-5,8-15,18,24H,1-2,6-7H2,(H,23,25). The van der Waals surface area contributed by atoms with Gasteiger partial charge < -0.3 is 5.32 Å². The van der Waals surface area contributed by atoms with Gasteiger partial charge in [-0.25, -0.2) is 8.42 Å². The van der Waals surface area contributed by atoms with Crippen molar-refractivity contribution in [3.63, 3.8) is 0 Å². The number of carbonyl (C=O) groups excluding carboxylic acids is 1. The number of hydrogen-bond acceptors (Lipinski definition) is 5. The zero-order chi connectivity index (χ0) is 21.0. The lowest BCUT2D eigenvalue weighted by molar-refractivity contribution is 0.102. The molecule has 156 valence electrons. The van der Waals surface area contributed by atoms with E-state index in [0.717, 1.165) is 21.9 Å². The molecule has 1 aliphatic rings. The first kappa shape index (κ1) is 21.0. The van der Waals surface area contributed by atoms with Gasteiger partial charge >= 0.3 is 0 Å². The zero-order valence-electron chi connectivity index (χ0n) is 16.2. The van der Waals surface area contributed by atoms with E-state index in [1.165, 1.54) is 25.7 Å². The van der Waals surface area contributed by atoms with Crippen molar-refractivity contribution in [3.8, 4) is 0 Å². The van der Waals surface area contributed by atoms with Crippen molar-refractivity contribution in [2.24, 2.45) is 0 Å². The van der Waals surface area contributed by atoms with Crippen LogP contribution in [0.5, 0.6) is 0 Å². The minimum Gasteiger partial charge on any atom is -0.321 e.